The van der Waals surface area contributed by atoms with Crippen molar-refractivity contribution in [3.63, 3.8) is 0 Å². The second-order valence-corrected chi connectivity index (χ2v) is 4.71. The number of imide groups is 1. The number of anilines is 1. The molecule has 1 heterocycles. The van der Waals surface area contributed by atoms with Crippen molar-refractivity contribution < 1.29 is 9.59 Å². The molecule has 2 amide bonds. The van der Waals surface area contributed by atoms with Gasteiger partial charge < -0.3 is 0 Å². The average Bonchev–Trinajstić information content (AvgIpc) is 2.79. The smallest absolute Gasteiger partial charge is 0.258 e. The molecular weight excluding hydrogens is 250 g/mol. The van der Waals surface area contributed by atoms with Crippen LogP contribution >= 0.6 is 0 Å². The number of rotatable bonds is 2. The van der Waals surface area contributed by atoms with Crippen LogP contribution in [0, 0.1) is 6.92 Å². The van der Waals surface area contributed by atoms with Gasteiger partial charge in [-0.3, -0.25) is 9.59 Å². The molecule has 3 nitrogen and oxygen atoms in total. The molecule has 3 heteroatoms. The van der Waals surface area contributed by atoms with E-state index in [0.29, 0.717) is 5.69 Å². The van der Waals surface area contributed by atoms with Gasteiger partial charge in [0.1, 0.15) is 0 Å². The molecule has 0 spiro atoms. The van der Waals surface area contributed by atoms with Crippen LogP contribution in [-0.2, 0) is 9.59 Å². The molecule has 0 aliphatic carbocycles. The highest BCUT2D eigenvalue weighted by Gasteiger charge is 2.24. The minimum absolute atomic E-state index is 0.293. The van der Waals surface area contributed by atoms with Crippen molar-refractivity contribution in [1.29, 1.82) is 0 Å². The Hall–Kier alpha value is -2.68. The van der Waals surface area contributed by atoms with Gasteiger partial charge in [-0.15, -0.1) is 0 Å². The van der Waals surface area contributed by atoms with E-state index in [1.54, 1.807) is 12.1 Å². The Labute approximate surface area is 117 Å². The highest BCUT2D eigenvalue weighted by molar-refractivity contribution is 6.28. The lowest BCUT2D eigenvalue weighted by atomic mass is 10.0. The summed E-state index contributed by atoms with van der Waals surface area (Å²) >= 11 is 0. The van der Waals surface area contributed by atoms with E-state index in [2.05, 4.69) is 19.1 Å². The zero-order valence-corrected chi connectivity index (χ0v) is 11.0. The first-order valence-electron chi connectivity index (χ1n) is 6.39. The molecule has 2 aromatic rings. The highest BCUT2D eigenvalue weighted by atomic mass is 16.2. The standard InChI is InChI=1S/C17H13NO2/c1-12-4-2-3-5-15(12)13-6-8-14(9-7-13)18-16(19)10-11-17(18)20/h2-11H,1H3. The van der Waals surface area contributed by atoms with E-state index < -0.39 is 0 Å². The maximum absolute atomic E-state index is 11.6. The maximum Gasteiger partial charge on any atom is 0.258 e. The largest absolute Gasteiger partial charge is 0.269 e. The predicted octanol–water partition coefficient (Wildman–Crippen LogP) is 3.09. The van der Waals surface area contributed by atoms with E-state index >= 15 is 0 Å². The summed E-state index contributed by atoms with van der Waals surface area (Å²) in [5.74, 6) is -0.586. The monoisotopic (exact) mass is 263 g/mol. The first kappa shape index (κ1) is 12.4. The van der Waals surface area contributed by atoms with Crippen LogP contribution in [0.3, 0.4) is 0 Å². The first-order chi connectivity index (χ1) is 9.66. The van der Waals surface area contributed by atoms with Crippen LogP contribution < -0.4 is 4.90 Å². The van der Waals surface area contributed by atoms with Crippen molar-refractivity contribution in [2.24, 2.45) is 0 Å². The van der Waals surface area contributed by atoms with Crippen LogP contribution in [0.15, 0.2) is 60.7 Å². The number of amides is 2. The Morgan fingerprint density at radius 2 is 1.40 bits per heavy atom. The van der Waals surface area contributed by atoms with Gasteiger partial charge in [0.25, 0.3) is 11.8 Å². The van der Waals surface area contributed by atoms with Gasteiger partial charge in [0, 0.05) is 12.2 Å². The molecule has 20 heavy (non-hydrogen) atoms. The molecule has 2 aromatic carbocycles. The van der Waals surface area contributed by atoms with Crippen molar-refractivity contribution in [2.45, 2.75) is 6.92 Å². The Bertz CT molecular complexity index is 696. The summed E-state index contributed by atoms with van der Waals surface area (Å²) in [6.45, 7) is 2.06. The van der Waals surface area contributed by atoms with Gasteiger partial charge in [0.2, 0.25) is 0 Å². The van der Waals surface area contributed by atoms with Crippen LogP contribution in [0.1, 0.15) is 5.56 Å². The summed E-state index contributed by atoms with van der Waals surface area (Å²) in [5, 5.41) is 0. The number of carbonyl (C=O) groups excluding carboxylic acids is 2. The fourth-order valence-electron chi connectivity index (χ4n) is 2.34. The van der Waals surface area contributed by atoms with Crippen molar-refractivity contribution in [1.82, 2.24) is 0 Å². The molecule has 98 valence electrons. The van der Waals surface area contributed by atoms with E-state index in [1.165, 1.54) is 22.6 Å². The summed E-state index contributed by atoms with van der Waals surface area (Å²) < 4.78 is 0. The molecule has 0 saturated heterocycles. The lowest BCUT2D eigenvalue weighted by Crippen LogP contribution is -2.29. The summed E-state index contributed by atoms with van der Waals surface area (Å²) in [7, 11) is 0. The molecule has 1 aliphatic rings. The molecule has 0 saturated carbocycles. The van der Waals surface area contributed by atoms with Crippen molar-refractivity contribution in [2.75, 3.05) is 4.90 Å². The summed E-state index contributed by atoms with van der Waals surface area (Å²) in [6.07, 6.45) is 2.58. The van der Waals surface area contributed by atoms with Gasteiger partial charge in [0.05, 0.1) is 5.69 Å². The van der Waals surface area contributed by atoms with E-state index in [9.17, 15) is 9.59 Å². The quantitative estimate of drug-likeness (QED) is 0.781. The molecule has 0 radical (unpaired) electrons. The molecule has 0 N–H and O–H groups in total. The third-order valence-electron chi connectivity index (χ3n) is 3.39. The van der Waals surface area contributed by atoms with Crippen LogP contribution in [0.5, 0.6) is 0 Å². The molecule has 1 aliphatic heterocycles. The Kier molecular flexibility index (Phi) is 2.95. The minimum Gasteiger partial charge on any atom is -0.269 e. The van der Waals surface area contributed by atoms with Crippen LogP contribution in [0.4, 0.5) is 5.69 Å². The van der Waals surface area contributed by atoms with Gasteiger partial charge >= 0.3 is 0 Å². The van der Waals surface area contributed by atoms with Crippen molar-refractivity contribution in [3.8, 4) is 11.1 Å². The zero-order valence-electron chi connectivity index (χ0n) is 11.0. The highest BCUT2D eigenvalue weighted by Crippen LogP contribution is 2.26. The van der Waals surface area contributed by atoms with Gasteiger partial charge in [-0.25, -0.2) is 4.90 Å². The third-order valence-corrected chi connectivity index (χ3v) is 3.39. The van der Waals surface area contributed by atoms with E-state index in [0.717, 1.165) is 11.1 Å². The minimum atomic E-state index is -0.293. The fourth-order valence-corrected chi connectivity index (χ4v) is 2.34. The van der Waals surface area contributed by atoms with E-state index in [1.807, 2.05) is 24.3 Å². The Morgan fingerprint density at radius 3 is 2.00 bits per heavy atom. The predicted molar refractivity (Wildman–Crippen MR) is 78.2 cm³/mol. The molecule has 0 aromatic heterocycles. The number of benzene rings is 2. The fraction of sp³-hybridized carbons (Fsp3) is 0.0588. The van der Waals surface area contributed by atoms with Gasteiger partial charge in [-0.05, 0) is 35.7 Å². The van der Waals surface area contributed by atoms with Crippen molar-refractivity contribution in [3.05, 3.63) is 66.2 Å². The summed E-state index contributed by atoms with van der Waals surface area (Å²) in [6, 6.07) is 15.6. The second kappa shape index (κ2) is 4.78. The SMILES string of the molecule is Cc1ccccc1-c1ccc(N2C(=O)C=CC2=O)cc1. The number of nitrogens with zero attached hydrogens (tertiary/aromatic N) is 1. The maximum atomic E-state index is 11.6. The Morgan fingerprint density at radius 1 is 0.800 bits per heavy atom. The molecular formula is C17H13NO2. The number of hydrogen-bond acceptors (Lipinski definition) is 2. The van der Waals surface area contributed by atoms with Crippen LogP contribution in [0.25, 0.3) is 11.1 Å². The van der Waals surface area contributed by atoms with Gasteiger partial charge in [-0.2, -0.15) is 0 Å². The first-order valence-corrected chi connectivity index (χ1v) is 6.39. The average molecular weight is 263 g/mol. The molecule has 0 unspecified atom stereocenters. The molecule has 0 bridgehead atoms. The van der Waals surface area contributed by atoms with Gasteiger partial charge in [0.15, 0.2) is 0 Å². The summed E-state index contributed by atoms with van der Waals surface area (Å²) in [5.41, 5.74) is 4.01. The molecule has 0 atom stereocenters. The zero-order chi connectivity index (χ0) is 14.1. The summed E-state index contributed by atoms with van der Waals surface area (Å²) in [4.78, 5) is 24.4. The van der Waals surface area contributed by atoms with Crippen LogP contribution in [0.2, 0.25) is 0 Å². The van der Waals surface area contributed by atoms with E-state index in [-0.39, 0.29) is 11.8 Å². The van der Waals surface area contributed by atoms with Crippen LogP contribution in [-0.4, -0.2) is 11.8 Å². The number of carbonyl (C=O) groups is 2. The van der Waals surface area contributed by atoms with Gasteiger partial charge in [-0.1, -0.05) is 36.4 Å². The number of hydrogen-bond donors (Lipinski definition) is 0. The Balaban J connectivity index is 1.95. The van der Waals surface area contributed by atoms with Crippen molar-refractivity contribution >= 4 is 17.5 Å². The normalized spacial score (nSPS) is 14.2. The topological polar surface area (TPSA) is 37.4 Å². The third kappa shape index (κ3) is 2.03. The molecule has 0 fully saturated rings. The molecule has 3 rings (SSSR count). The lowest BCUT2D eigenvalue weighted by Gasteiger charge is -2.14. The lowest BCUT2D eigenvalue weighted by molar-refractivity contribution is -0.119. The second-order valence-electron chi connectivity index (χ2n) is 4.71. The van der Waals surface area contributed by atoms with E-state index in [4.69, 9.17) is 0 Å². The number of aryl methyl sites for hydroxylation is 1.